The molecule has 0 aliphatic rings. The van der Waals surface area contributed by atoms with Crippen LogP contribution in [-0.4, -0.2) is 37.6 Å². The highest BCUT2D eigenvalue weighted by Gasteiger charge is 2.15. The molecule has 3 N–H and O–H groups in total. The van der Waals surface area contributed by atoms with E-state index in [9.17, 15) is 14.4 Å². The number of hydrogen-bond acceptors (Lipinski definition) is 4. The van der Waals surface area contributed by atoms with Crippen molar-refractivity contribution in [3.8, 4) is 0 Å². The van der Waals surface area contributed by atoms with Crippen LogP contribution in [-0.2, 0) is 20.9 Å². The van der Waals surface area contributed by atoms with Gasteiger partial charge in [0.25, 0.3) is 0 Å². The Morgan fingerprint density at radius 1 is 1.18 bits per heavy atom. The van der Waals surface area contributed by atoms with Gasteiger partial charge in [0.05, 0.1) is 13.7 Å². The number of carbonyl (C=O) groups excluding carboxylic acids is 3. The summed E-state index contributed by atoms with van der Waals surface area (Å²) in [5.41, 5.74) is 0.878. The van der Waals surface area contributed by atoms with Gasteiger partial charge < -0.3 is 20.7 Å². The van der Waals surface area contributed by atoms with Gasteiger partial charge in [-0.2, -0.15) is 0 Å². The molecule has 0 aliphatic carbocycles. The fraction of sp³-hybridized carbons (Fsp3) is 0.357. The van der Waals surface area contributed by atoms with Gasteiger partial charge in [0.1, 0.15) is 6.04 Å². The maximum Gasteiger partial charge on any atom is 0.328 e. The van der Waals surface area contributed by atoms with Gasteiger partial charge in [-0.3, -0.25) is 4.79 Å². The number of rotatable bonds is 6. The van der Waals surface area contributed by atoms with E-state index in [1.807, 2.05) is 0 Å². The average Bonchev–Trinajstić information content (AvgIpc) is 2.51. The number of halogens is 1. The zero-order valence-corrected chi connectivity index (χ0v) is 13.1. The summed E-state index contributed by atoms with van der Waals surface area (Å²) in [7, 11) is 1.23. The van der Waals surface area contributed by atoms with E-state index in [1.165, 1.54) is 14.0 Å². The average molecular weight is 328 g/mol. The van der Waals surface area contributed by atoms with E-state index in [-0.39, 0.29) is 6.54 Å². The molecular weight excluding hydrogens is 310 g/mol. The highest BCUT2D eigenvalue weighted by molar-refractivity contribution is 6.30. The zero-order chi connectivity index (χ0) is 16.5. The molecule has 1 atom stereocenters. The van der Waals surface area contributed by atoms with Gasteiger partial charge in [-0.1, -0.05) is 23.7 Å². The standard InChI is InChI=1S/C14H18ClN3O4/c1-9(13(20)22-2)18-12(19)8-17-14(21)16-7-10-3-5-11(15)6-4-10/h3-6,9H,7-8H2,1-2H3,(H,18,19)(H2,16,17,21)/t9-/m0/s1. The van der Waals surface area contributed by atoms with Gasteiger partial charge in [-0.25, -0.2) is 9.59 Å². The molecule has 0 spiro atoms. The first-order valence-electron chi connectivity index (χ1n) is 6.55. The summed E-state index contributed by atoms with van der Waals surface area (Å²) in [5.74, 6) is -1.04. The Morgan fingerprint density at radius 2 is 1.82 bits per heavy atom. The van der Waals surface area contributed by atoms with Crippen molar-refractivity contribution >= 4 is 29.5 Å². The van der Waals surface area contributed by atoms with Crippen molar-refractivity contribution in [1.29, 1.82) is 0 Å². The minimum absolute atomic E-state index is 0.242. The second-order valence-corrected chi connectivity index (χ2v) is 4.91. The van der Waals surface area contributed by atoms with E-state index in [2.05, 4.69) is 20.7 Å². The molecule has 0 heterocycles. The Kier molecular flexibility index (Phi) is 7.18. The maximum absolute atomic E-state index is 11.5. The van der Waals surface area contributed by atoms with Gasteiger partial charge in [0, 0.05) is 11.6 Å². The van der Waals surface area contributed by atoms with Gasteiger partial charge in [0.2, 0.25) is 5.91 Å². The van der Waals surface area contributed by atoms with Crippen LogP contribution in [0.5, 0.6) is 0 Å². The van der Waals surface area contributed by atoms with Crippen LogP contribution in [0.1, 0.15) is 12.5 Å². The van der Waals surface area contributed by atoms with Crippen LogP contribution in [0.2, 0.25) is 5.02 Å². The molecule has 0 unspecified atom stereocenters. The molecule has 0 fully saturated rings. The minimum atomic E-state index is -0.767. The largest absolute Gasteiger partial charge is 0.467 e. The topological polar surface area (TPSA) is 96.5 Å². The van der Waals surface area contributed by atoms with Crippen LogP contribution < -0.4 is 16.0 Å². The van der Waals surface area contributed by atoms with Crippen molar-refractivity contribution in [2.75, 3.05) is 13.7 Å². The van der Waals surface area contributed by atoms with Crippen LogP contribution in [0, 0.1) is 0 Å². The third-order valence-corrected chi connectivity index (χ3v) is 2.96. The Bertz CT molecular complexity index is 533. The summed E-state index contributed by atoms with van der Waals surface area (Å²) < 4.78 is 4.47. The second kappa shape index (κ2) is 8.89. The third kappa shape index (κ3) is 6.45. The summed E-state index contributed by atoms with van der Waals surface area (Å²) in [5, 5.41) is 7.99. The minimum Gasteiger partial charge on any atom is -0.467 e. The van der Waals surface area contributed by atoms with Crippen molar-refractivity contribution in [3.05, 3.63) is 34.9 Å². The number of amides is 3. The maximum atomic E-state index is 11.5. The number of carbonyl (C=O) groups is 3. The molecule has 0 bridgehead atoms. The van der Waals surface area contributed by atoms with E-state index < -0.39 is 23.9 Å². The summed E-state index contributed by atoms with van der Waals surface area (Å²) >= 11 is 5.76. The van der Waals surface area contributed by atoms with Crippen molar-refractivity contribution < 1.29 is 19.1 Å². The van der Waals surface area contributed by atoms with Crippen LogP contribution in [0.4, 0.5) is 4.79 Å². The summed E-state index contributed by atoms with van der Waals surface area (Å²) in [6.07, 6.45) is 0. The molecule has 1 aromatic rings. The molecule has 1 rings (SSSR count). The quantitative estimate of drug-likeness (QED) is 0.674. The third-order valence-electron chi connectivity index (χ3n) is 2.71. The lowest BCUT2D eigenvalue weighted by Crippen LogP contribution is -2.46. The highest BCUT2D eigenvalue weighted by atomic mass is 35.5. The monoisotopic (exact) mass is 327 g/mol. The number of benzene rings is 1. The lowest BCUT2D eigenvalue weighted by molar-refractivity contribution is -0.144. The van der Waals surface area contributed by atoms with E-state index in [4.69, 9.17) is 11.6 Å². The fourth-order valence-corrected chi connectivity index (χ4v) is 1.66. The van der Waals surface area contributed by atoms with Crippen molar-refractivity contribution in [3.63, 3.8) is 0 Å². The van der Waals surface area contributed by atoms with Crippen LogP contribution >= 0.6 is 11.6 Å². The highest BCUT2D eigenvalue weighted by Crippen LogP contribution is 2.08. The molecule has 7 nitrogen and oxygen atoms in total. The van der Waals surface area contributed by atoms with Crippen molar-refractivity contribution in [1.82, 2.24) is 16.0 Å². The number of nitrogens with one attached hydrogen (secondary N) is 3. The molecular formula is C14H18ClN3O4. The normalized spacial score (nSPS) is 11.2. The van der Waals surface area contributed by atoms with E-state index in [1.54, 1.807) is 24.3 Å². The Balaban J connectivity index is 2.26. The Labute approximate surface area is 133 Å². The van der Waals surface area contributed by atoms with E-state index in [0.29, 0.717) is 11.6 Å². The van der Waals surface area contributed by atoms with E-state index in [0.717, 1.165) is 5.56 Å². The van der Waals surface area contributed by atoms with Gasteiger partial charge in [-0.05, 0) is 24.6 Å². The van der Waals surface area contributed by atoms with Crippen molar-refractivity contribution in [2.45, 2.75) is 19.5 Å². The molecule has 1 aromatic carbocycles. The van der Waals surface area contributed by atoms with Crippen LogP contribution in [0.15, 0.2) is 24.3 Å². The lowest BCUT2D eigenvalue weighted by atomic mass is 10.2. The molecule has 0 aromatic heterocycles. The summed E-state index contributed by atoms with van der Waals surface area (Å²) in [6, 6.07) is 5.75. The Morgan fingerprint density at radius 3 is 2.41 bits per heavy atom. The number of urea groups is 1. The van der Waals surface area contributed by atoms with Gasteiger partial charge >= 0.3 is 12.0 Å². The molecule has 22 heavy (non-hydrogen) atoms. The predicted octanol–water partition coefficient (Wildman–Crippen LogP) is 0.817. The van der Waals surface area contributed by atoms with Gasteiger partial charge in [-0.15, -0.1) is 0 Å². The SMILES string of the molecule is COC(=O)[C@H](C)NC(=O)CNC(=O)NCc1ccc(Cl)cc1. The van der Waals surface area contributed by atoms with E-state index >= 15 is 0 Å². The number of ether oxygens (including phenoxy) is 1. The Hall–Kier alpha value is -2.28. The zero-order valence-electron chi connectivity index (χ0n) is 12.3. The number of methoxy groups -OCH3 is 1. The smallest absolute Gasteiger partial charge is 0.328 e. The second-order valence-electron chi connectivity index (χ2n) is 4.48. The first kappa shape index (κ1) is 17.8. The molecule has 120 valence electrons. The predicted molar refractivity (Wildman–Crippen MR) is 81.3 cm³/mol. The number of hydrogen-bond donors (Lipinski definition) is 3. The molecule has 0 aliphatic heterocycles. The van der Waals surface area contributed by atoms with Gasteiger partial charge in [0.15, 0.2) is 0 Å². The molecule has 0 saturated heterocycles. The molecule has 8 heteroatoms. The summed E-state index contributed by atoms with van der Waals surface area (Å²) in [4.78, 5) is 34.2. The first-order valence-corrected chi connectivity index (χ1v) is 6.93. The molecule has 0 saturated carbocycles. The molecule has 3 amide bonds. The summed E-state index contributed by atoms with van der Waals surface area (Å²) in [6.45, 7) is 1.56. The number of esters is 1. The van der Waals surface area contributed by atoms with Crippen molar-refractivity contribution in [2.24, 2.45) is 0 Å². The molecule has 0 radical (unpaired) electrons. The van der Waals surface area contributed by atoms with Crippen LogP contribution in [0.3, 0.4) is 0 Å². The lowest BCUT2D eigenvalue weighted by Gasteiger charge is -2.12. The first-order chi connectivity index (χ1) is 10.4. The van der Waals surface area contributed by atoms with Crippen LogP contribution in [0.25, 0.3) is 0 Å². The fourth-order valence-electron chi connectivity index (χ4n) is 1.54.